The van der Waals surface area contributed by atoms with E-state index >= 15 is 0 Å². The SMILES string of the molecule is CCn1ncc2c(N[C@@H]3CCCC[C@@H]3N)c(C(=O)NCc3ccccc3)cnc21. The summed E-state index contributed by atoms with van der Waals surface area (Å²) in [7, 11) is 0. The monoisotopic (exact) mass is 392 g/mol. The highest BCUT2D eigenvalue weighted by molar-refractivity contribution is 6.06. The molecule has 0 saturated heterocycles. The van der Waals surface area contributed by atoms with Crippen molar-refractivity contribution in [1.29, 1.82) is 0 Å². The molecule has 7 heteroatoms. The lowest BCUT2D eigenvalue weighted by atomic mass is 9.90. The Labute approximate surface area is 170 Å². The lowest BCUT2D eigenvalue weighted by Gasteiger charge is -2.31. The van der Waals surface area contributed by atoms with Crippen LogP contribution in [0.4, 0.5) is 5.69 Å². The van der Waals surface area contributed by atoms with E-state index in [0.29, 0.717) is 12.1 Å². The van der Waals surface area contributed by atoms with E-state index in [1.54, 1.807) is 12.4 Å². The van der Waals surface area contributed by atoms with E-state index in [0.717, 1.165) is 54.5 Å². The number of carbonyl (C=O) groups excluding carboxylic acids is 1. The van der Waals surface area contributed by atoms with Crippen molar-refractivity contribution in [1.82, 2.24) is 20.1 Å². The Bertz CT molecular complexity index is 984. The molecule has 7 nitrogen and oxygen atoms in total. The number of carbonyl (C=O) groups is 1. The van der Waals surface area contributed by atoms with Crippen molar-refractivity contribution in [2.45, 2.75) is 57.8 Å². The fraction of sp³-hybridized carbons (Fsp3) is 0.409. The molecule has 4 rings (SSSR count). The van der Waals surface area contributed by atoms with Crippen LogP contribution in [0.5, 0.6) is 0 Å². The summed E-state index contributed by atoms with van der Waals surface area (Å²) < 4.78 is 1.84. The molecule has 4 N–H and O–H groups in total. The fourth-order valence-corrected chi connectivity index (χ4v) is 3.98. The molecular weight excluding hydrogens is 364 g/mol. The molecule has 1 saturated carbocycles. The van der Waals surface area contributed by atoms with Crippen molar-refractivity contribution in [2.24, 2.45) is 5.73 Å². The van der Waals surface area contributed by atoms with Gasteiger partial charge >= 0.3 is 0 Å². The van der Waals surface area contributed by atoms with Gasteiger partial charge in [-0.05, 0) is 25.3 Å². The minimum atomic E-state index is -0.153. The second-order valence-electron chi connectivity index (χ2n) is 7.61. The molecule has 1 fully saturated rings. The predicted molar refractivity (Wildman–Crippen MR) is 115 cm³/mol. The summed E-state index contributed by atoms with van der Waals surface area (Å²) in [5.41, 5.74) is 9.50. The van der Waals surface area contributed by atoms with Crippen LogP contribution in [-0.4, -0.2) is 32.8 Å². The zero-order chi connectivity index (χ0) is 20.2. The number of amides is 1. The first-order valence-electron chi connectivity index (χ1n) is 10.4. The van der Waals surface area contributed by atoms with Gasteiger partial charge in [0, 0.05) is 31.4 Å². The van der Waals surface area contributed by atoms with Gasteiger partial charge in [-0.25, -0.2) is 9.67 Å². The number of hydrogen-bond acceptors (Lipinski definition) is 5. The Balaban J connectivity index is 1.65. The normalized spacial score (nSPS) is 19.2. The zero-order valence-corrected chi connectivity index (χ0v) is 16.8. The predicted octanol–water partition coefficient (Wildman–Crippen LogP) is 3.06. The van der Waals surface area contributed by atoms with Gasteiger partial charge in [-0.3, -0.25) is 4.79 Å². The maximum Gasteiger partial charge on any atom is 0.255 e. The molecule has 2 aromatic heterocycles. The van der Waals surface area contributed by atoms with Gasteiger partial charge in [-0.1, -0.05) is 43.2 Å². The highest BCUT2D eigenvalue weighted by Gasteiger charge is 2.25. The van der Waals surface area contributed by atoms with Gasteiger partial charge < -0.3 is 16.4 Å². The molecule has 1 aromatic carbocycles. The van der Waals surface area contributed by atoms with Gasteiger partial charge in [-0.2, -0.15) is 5.10 Å². The molecule has 0 spiro atoms. The lowest BCUT2D eigenvalue weighted by molar-refractivity contribution is 0.0951. The first-order valence-corrected chi connectivity index (χ1v) is 10.4. The molecule has 1 aliphatic rings. The number of hydrogen-bond donors (Lipinski definition) is 3. The molecule has 152 valence electrons. The van der Waals surface area contributed by atoms with Crippen LogP contribution >= 0.6 is 0 Å². The Morgan fingerprint density at radius 3 is 2.76 bits per heavy atom. The number of anilines is 1. The van der Waals surface area contributed by atoms with E-state index < -0.39 is 0 Å². The van der Waals surface area contributed by atoms with Crippen LogP contribution in [0, 0.1) is 0 Å². The van der Waals surface area contributed by atoms with Crippen molar-refractivity contribution in [3.63, 3.8) is 0 Å². The third kappa shape index (κ3) is 4.10. The number of nitrogens with one attached hydrogen (secondary N) is 2. The largest absolute Gasteiger partial charge is 0.379 e. The van der Waals surface area contributed by atoms with Crippen LogP contribution in [0.1, 0.15) is 48.5 Å². The fourth-order valence-electron chi connectivity index (χ4n) is 3.98. The molecule has 0 radical (unpaired) electrons. The standard InChI is InChI=1S/C22H28N6O/c1-2-28-21-16(14-26-28)20(27-19-11-7-6-10-18(19)23)17(13-24-21)22(29)25-12-15-8-4-3-5-9-15/h3-5,8-9,13-14,18-19H,2,6-7,10-12,23H2,1H3,(H,24,27)(H,25,29)/t18-,19+/m0/s1. The summed E-state index contributed by atoms with van der Waals surface area (Å²) in [6, 6.07) is 10.1. The molecule has 2 heterocycles. The average Bonchev–Trinajstić information content (AvgIpc) is 3.18. The van der Waals surface area contributed by atoms with E-state index in [1.165, 1.54) is 0 Å². The smallest absolute Gasteiger partial charge is 0.255 e. The quantitative estimate of drug-likeness (QED) is 0.599. The second kappa shape index (κ2) is 8.61. The highest BCUT2D eigenvalue weighted by atomic mass is 16.1. The van der Waals surface area contributed by atoms with E-state index in [9.17, 15) is 4.79 Å². The van der Waals surface area contributed by atoms with Crippen molar-refractivity contribution >= 4 is 22.6 Å². The van der Waals surface area contributed by atoms with E-state index in [2.05, 4.69) is 20.7 Å². The third-order valence-corrected chi connectivity index (χ3v) is 5.66. The Hall–Kier alpha value is -2.93. The molecule has 1 amide bonds. The number of pyridine rings is 1. The average molecular weight is 393 g/mol. The number of nitrogens with two attached hydrogens (primary N) is 1. The first kappa shape index (κ1) is 19.4. The van der Waals surface area contributed by atoms with Crippen molar-refractivity contribution in [2.75, 3.05) is 5.32 Å². The summed E-state index contributed by atoms with van der Waals surface area (Å²) in [5, 5.41) is 11.9. The van der Waals surface area contributed by atoms with E-state index in [-0.39, 0.29) is 18.0 Å². The molecule has 2 atom stereocenters. The highest BCUT2D eigenvalue weighted by Crippen LogP contribution is 2.29. The molecule has 0 unspecified atom stereocenters. The Kier molecular flexibility index (Phi) is 5.76. The van der Waals surface area contributed by atoms with Gasteiger partial charge in [0.1, 0.15) is 0 Å². The number of rotatable bonds is 6. The lowest BCUT2D eigenvalue weighted by Crippen LogP contribution is -2.43. The van der Waals surface area contributed by atoms with Gasteiger partial charge in [0.05, 0.1) is 22.8 Å². The van der Waals surface area contributed by atoms with Crippen LogP contribution in [-0.2, 0) is 13.1 Å². The van der Waals surface area contributed by atoms with Gasteiger partial charge in [-0.15, -0.1) is 0 Å². The zero-order valence-electron chi connectivity index (χ0n) is 16.8. The number of benzene rings is 1. The molecular formula is C22H28N6O. The maximum absolute atomic E-state index is 13.0. The van der Waals surface area contributed by atoms with Gasteiger partial charge in [0.15, 0.2) is 5.65 Å². The minimum Gasteiger partial charge on any atom is -0.379 e. The molecule has 1 aliphatic carbocycles. The Morgan fingerprint density at radius 2 is 2.00 bits per heavy atom. The molecule has 0 aliphatic heterocycles. The molecule has 3 aromatic rings. The van der Waals surface area contributed by atoms with E-state index in [4.69, 9.17) is 5.73 Å². The molecule has 29 heavy (non-hydrogen) atoms. The van der Waals surface area contributed by atoms with Crippen LogP contribution in [0.2, 0.25) is 0 Å². The number of nitrogens with zero attached hydrogens (tertiary/aromatic N) is 3. The summed E-state index contributed by atoms with van der Waals surface area (Å²) in [6.45, 7) is 3.21. The van der Waals surface area contributed by atoms with Crippen molar-refractivity contribution < 1.29 is 4.79 Å². The number of aromatic nitrogens is 3. The second-order valence-corrected chi connectivity index (χ2v) is 7.61. The van der Waals surface area contributed by atoms with Crippen LogP contribution in [0.15, 0.2) is 42.7 Å². The minimum absolute atomic E-state index is 0.0772. The van der Waals surface area contributed by atoms with Gasteiger partial charge in [0.2, 0.25) is 0 Å². The maximum atomic E-state index is 13.0. The summed E-state index contributed by atoms with van der Waals surface area (Å²) >= 11 is 0. The van der Waals surface area contributed by atoms with Gasteiger partial charge in [0.25, 0.3) is 5.91 Å². The third-order valence-electron chi connectivity index (χ3n) is 5.66. The summed E-state index contributed by atoms with van der Waals surface area (Å²) in [5.74, 6) is -0.153. The van der Waals surface area contributed by atoms with Crippen molar-refractivity contribution in [3.8, 4) is 0 Å². The first-order chi connectivity index (χ1) is 14.2. The number of fused-ring (bicyclic) bond motifs is 1. The summed E-state index contributed by atoms with van der Waals surface area (Å²) in [6.07, 6.45) is 7.73. The summed E-state index contributed by atoms with van der Waals surface area (Å²) in [4.78, 5) is 17.6. The number of aryl methyl sites for hydroxylation is 1. The topological polar surface area (TPSA) is 97.9 Å². The van der Waals surface area contributed by atoms with Crippen molar-refractivity contribution in [3.05, 3.63) is 53.9 Å². The van der Waals surface area contributed by atoms with Crippen LogP contribution in [0.25, 0.3) is 11.0 Å². The van der Waals surface area contributed by atoms with E-state index in [1.807, 2.05) is 41.9 Å². The van der Waals surface area contributed by atoms with Crippen LogP contribution < -0.4 is 16.4 Å². The Morgan fingerprint density at radius 1 is 1.21 bits per heavy atom. The molecule has 0 bridgehead atoms. The van der Waals surface area contributed by atoms with Crippen LogP contribution in [0.3, 0.4) is 0 Å².